The molecular formula is C8H15O5S-. The Morgan fingerprint density at radius 3 is 2.43 bits per heavy atom. The molecule has 0 aliphatic heterocycles. The van der Waals surface area contributed by atoms with Gasteiger partial charge in [-0.2, -0.15) is 0 Å². The zero-order valence-corrected chi connectivity index (χ0v) is 8.92. The highest BCUT2D eigenvalue weighted by Crippen LogP contribution is 1.86. The lowest BCUT2D eigenvalue weighted by molar-refractivity contribution is -0.136. The molecule has 0 fully saturated rings. The van der Waals surface area contributed by atoms with Gasteiger partial charge < -0.3 is 13.8 Å². The average molecular weight is 223 g/mol. The molecule has 0 aromatic carbocycles. The van der Waals surface area contributed by atoms with E-state index in [0.29, 0.717) is 6.42 Å². The third kappa shape index (κ3) is 22.5. The summed E-state index contributed by atoms with van der Waals surface area (Å²) in [5.74, 6) is -0.764. The lowest BCUT2D eigenvalue weighted by atomic mass is 10.3. The molecular weight excluding hydrogens is 208 g/mol. The van der Waals surface area contributed by atoms with Crippen LogP contribution < -0.4 is 0 Å². The molecule has 14 heavy (non-hydrogen) atoms. The molecule has 6 heteroatoms. The molecule has 0 heterocycles. The molecule has 0 aliphatic carbocycles. The Hall–Kier alpha value is -0.720. The second kappa shape index (κ2) is 12.3. The number of carboxylic acid groups (broad SMARTS) is 1. The summed E-state index contributed by atoms with van der Waals surface area (Å²) in [4.78, 5) is 9.71. The van der Waals surface area contributed by atoms with Gasteiger partial charge in [-0.25, -0.2) is 4.21 Å². The van der Waals surface area contributed by atoms with Crippen LogP contribution in [-0.4, -0.2) is 26.4 Å². The smallest absolute Gasteiger partial charge is 0.303 e. The molecule has 0 radical (unpaired) electrons. The molecule has 0 aromatic rings. The minimum Gasteiger partial charge on any atom is -0.750 e. The summed E-state index contributed by atoms with van der Waals surface area (Å²) in [5, 5.41) is 8.00. The first-order chi connectivity index (χ1) is 6.54. The highest BCUT2D eigenvalue weighted by molar-refractivity contribution is 7.74. The van der Waals surface area contributed by atoms with E-state index >= 15 is 0 Å². The van der Waals surface area contributed by atoms with Gasteiger partial charge in [0.2, 0.25) is 0 Å². The summed E-state index contributed by atoms with van der Waals surface area (Å²) >= 11 is -2.32. The first-order valence-electron chi connectivity index (χ1n) is 4.09. The summed E-state index contributed by atoms with van der Waals surface area (Å²) in [5.41, 5.74) is 0. The van der Waals surface area contributed by atoms with Gasteiger partial charge in [0.1, 0.15) is 0 Å². The number of carbonyl (C=O) groups is 1. The predicted octanol–water partition coefficient (Wildman–Crippen LogP) is 1.24. The summed E-state index contributed by atoms with van der Waals surface area (Å²) in [6.07, 6.45) is 3.08. The van der Waals surface area contributed by atoms with Crippen LogP contribution in [-0.2, 0) is 20.3 Å². The van der Waals surface area contributed by atoms with Gasteiger partial charge in [-0.15, -0.1) is 6.58 Å². The SMILES string of the molecule is C=CCCC(=O)O.CCCOS(=O)[O-]. The fourth-order valence-electron chi connectivity index (χ4n) is 0.377. The molecule has 1 atom stereocenters. The Labute approximate surface area is 86.3 Å². The quantitative estimate of drug-likeness (QED) is 0.540. The van der Waals surface area contributed by atoms with E-state index in [2.05, 4.69) is 10.8 Å². The van der Waals surface area contributed by atoms with Crippen molar-refractivity contribution in [3.63, 3.8) is 0 Å². The standard InChI is InChI=1S/C5H8O2.C3H8O3S/c1-2-3-4-5(6)7;1-2-3-6-7(4)5/h2H,1,3-4H2,(H,6,7);2-3H2,1H3,(H,4,5)/p-1. The van der Waals surface area contributed by atoms with Gasteiger partial charge >= 0.3 is 5.97 Å². The number of aliphatic carboxylic acids is 1. The molecule has 0 saturated carbocycles. The van der Waals surface area contributed by atoms with Crippen molar-refractivity contribution in [3.8, 4) is 0 Å². The highest BCUT2D eigenvalue weighted by Gasteiger charge is 1.89. The third-order valence-electron chi connectivity index (χ3n) is 0.946. The lowest BCUT2D eigenvalue weighted by Gasteiger charge is -2.01. The highest BCUT2D eigenvalue weighted by atomic mass is 32.2. The monoisotopic (exact) mass is 223 g/mol. The molecule has 0 saturated heterocycles. The van der Waals surface area contributed by atoms with Crippen LogP contribution in [0, 0.1) is 0 Å². The normalized spacial score (nSPS) is 11.0. The van der Waals surface area contributed by atoms with E-state index in [9.17, 15) is 13.6 Å². The van der Waals surface area contributed by atoms with Gasteiger partial charge in [0.15, 0.2) is 0 Å². The summed E-state index contributed by atoms with van der Waals surface area (Å²) in [6.45, 7) is 5.50. The second-order valence-corrected chi connectivity index (χ2v) is 2.89. The summed E-state index contributed by atoms with van der Waals surface area (Å²) < 4.78 is 23.2. The topological polar surface area (TPSA) is 86.7 Å². The minimum atomic E-state index is -2.32. The van der Waals surface area contributed by atoms with E-state index in [4.69, 9.17) is 5.11 Å². The van der Waals surface area contributed by atoms with E-state index in [1.807, 2.05) is 6.92 Å². The predicted molar refractivity (Wildman–Crippen MR) is 52.2 cm³/mol. The largest absolute Gasteiger partial charge is 0.750 e. The Balaban J connectivity index is 0. The fourth-order valence-corrected chi connectivity index (χ4v) is 0.680. The summed E-state index contributed by atoms with van der Waals surface area (Å²) in [7, 11) is 0. The molecule has 0 aromatic heterocycles. The van der Waals surface area contributed by atoms with Gasteiger partial charge in [0.05, 0.1) is 18.0 Å². The van der Waals surface area contributed by atoms with Crippen LogP contribution in [0.25, 0.3) is 0 Å². The maximum Gasteiger partial charge on any atom is 0.303 e. The van der Waals surface area contributed by atoms with E-state index < -0.39 is 17.3 Å². The van der Waals surface area contributed by atoms with E-state index in [1.165, 1.54) is 0 Å². The molecule has 1 unspecified atom stereocenters. The van der Waals surface area contributed by atoms with Gasteiger partial charge in [-0.05, 0) is 12.8 Å². The van der Waals surface area contributed by atoms with Crippen LogP contribution in [0.3, 0.4) is 0 Å². The third-order valence-corrected chi connectivity index (χ3v) is 1.31. The molecule has 0 rings (SSSR count). The van der Waals surface area contributed by atoms with Crippen molar-refractivity contribution in [1.29, 1.82) is 0 Å². The molecule has 5 nitrogen and oxygen atoms in total. The van der Waals surface area contributed by atoms with Crippen LogP contribution in [0.4, 0.5) is 0 Å². The van der Waals surface area contributed by atoms with Crippen molar-refractivity contribution in [3.05, 3.63) is 12.7 Å². The van der Waals surface area contributed by atoms with Crippen molar-refractivity contribution in [1.82, 2.24) is 0 Å². The zero-order valence-electron chi connectivity index (χ0n) is 8.10. The van der Waals surface area contributed by atoms with Gasteiger partial charge in [-0.3, -0.25) is 4.79 Å². The number of carboxylic acids is 1. The van der Waals surface area contributed by atoms with Crippen LogP contribution >= 0.6 is 0 Å². The Morgan fingerprint density at radius 1 is 1.71 bits per heavy atom. The van der Waals surface area contributed by atoms with Crippen LogP contribution in [0.2, 0.25) is 0 Å². The van der Waals surface area contributed by atoms with E-state index in [0.717, 1.165) is 6.42 Å². The maximum atomic E-state index is 9.71. The fraction of sp³-hybridized carbons (Fsp3) is 0.625. The summed E-state index contributed by atoms with van der Waals surface area (Å²) in [6, 6.07) is 0. The van der Waals surface area contributed by atoms with Crippen molar-refractivity contribution >= 4 is 17.3 Å². The molecule has 0 aliphatic rings. The van der Waals surface area contributed by atoms with Crippen LogP contribution in [0.15, 0.2) is 12.7 Å². The van der Waals surface area contributed by atoms with E-state index in [-0.39, 0.29) is 13.0 Å². The Bertz CT molecular complexity index is 181. The van der Waals surface area contributed by atoms with Crippen LogP contribution in [0.5, 0.6) is 0 Å². The molecule has 84 valence electrons. The Morgan fingerprint density at radius 2 is 2.29 bits per heavy atom. The molecule has 1 N–H and O–H groups in total. The first-order valence-corrected chi connectivity index (χ1v) is 5.09. The van der Waals surface area contributed by atoms with Crippen LogP contribution in [0.1, 0.15) is 26.2 Å². The van der Waals surface area contributed by atoms with Gasteiger partial charge in [-0.1, -0.05) is 13.0 Å². The Kier molecular flexibility index (Phi) is 13.8. The van der Waals surface area contributed by atoms with Crippen molar-refractivity contribution in [2.45, 2.75) is 26.2 Å². The lowest BCUT2D eigenvalue weighted by Crippen LogP contribution is -1.95. The zero-order chi connectivity index (χ0) is 11.4. The van der Waals surface area contributed by atoms with Gasteiger partial charge in [0, 0.05) is 6.42 Å². The minimum absolute atomic E-state index is 0.198. The van der Waals surface area contributed by atoms with Crippen molar-refractivity contribution in [2.24, 2.45) is 0 Å². The number of allylic oxidation sites excluding steroid dienone is 1. The molecule has 0 amide bonds. The molecule has 0 spiro atoms. The number of rotatable bonds is 6. The second-order valence-electron chi connectivity index (χ2n) is 2.25. The average Bonchev–Trinajstić information content (AvgIpc) is 2.12. The van der Waals surface area contributed by atoms with Gasteiger partial charge in [0.25, 0.3) is 0 Å². The molecule has 0 bridgehead atoms. The van der Waals surface area contributed by atoms with E-state index in [1.54, 1.807) is 6.08 Å². The van der Waals surface area contributed by atoms with Crippen molar-refractivity contribution < 1.29 is 22.8 Å². The van der Waals surface area contributed by atoms with Crippen molar-refractivity contribution in [2.75, 3.05) is 6.61 Å². The number of hydrogen-bond donors (Lipinski definition) is 1. The number of hydrogen-bond acceptors (Lipinski definition) is 4. The first kappa shape index (κ1) is 15.7. The maximum absolute atomic E-state index is 9.71.